The summed E-state index contributed by atoms with van der Waals surface area (Å²) in [5.74, 6) is 0.873. The number of aryl methyl sites for hydroxylation is 1. The van der Waals surface area contributed by atoms with Gasteiger partial charge in [0.25, 0.3) is 0 Å². The van der Waals surface area contributed by atoms with Crippen molar-refractivity contribution in [1.29, 1.82) is 0 Å². The van der Waals surface area contributed by atoms with Gasteiger partial charge in [-0.2, -0.15) is 0 Å². The lowest BCUT2D eigenvalue weighted by molar-refractivity contribution is -0.116. The largest absolute Gasteiger partial charge is 0.494 e. The molecule has 0 aliphatic rings. The van der Waals surface area contributed by atoms with Crippen LogP contribution < -0.4 is 10.1 Å². The Morgan fingerprint density at radius 3 is 2.50 bits per heavy atom. The van der Waals surface area contributed by atoms with Crippen molar-refractivity contribution in [3.8, 4) is 5.75 Å². The minimum Gasteiger partial charge on any atom is -0.494 e. The van der Waals surface area contributed by atoms with Crippen molar-refractivity contribution in [1.82, 2.24) is 4.90 Å². The minimum atomic E-state index is 0.0255. The minimum absolute atomic E-state index is 0.0255. The number of carbonyl (C=O) groups is 1. The van der Waals surface area contributed by atoms with Gasteiger partial charge in [-0.1, -0.05) is 43.7 Å². The number of rotatable bonds is 10. The van der Waals surface area contributed by atoms with Crippen LogP contribution in [-0.2, 0) is 11.3 Å². The number of nitrogens with zero attached hydrogens (tertiary/aromatic N) is 1. The highest BCUT2D eigenvalue weighted by atomic mass is 16.5. The lowest BCUT2D eigenvalue weighted by atomic mass is 10.2. The maximum atomic E-state index is 12.1. The predicted molar refractivity (Wildman–Crippen MR) is 108 cm³/mol. The number of hydrogen-bond acceptors (Lipinski definition) is 3. The van der Waals surface area contributed by atoms with Crippen LogP contribution in [0.1, 0.15) is 37.8 Å². The number of hydrogen-bond donors (Lipinski definition) is 1. The summed E-state index contributed by atoms with van der Waals surface area (Å²) in [7, 11) is 0. The molecular weight excluding hydrogens is 324 g/mol. The molecule has 1 N–H and O–H groups in total. The SMILES string of the molecule is CCN(CC)Cc1cccc(NC(=O)CCCOc2ccc(C)cc2)c1. The average Bonchev–Trinajstić information content (AvgIpc) is 2.65. The van der Waals surface area contributed by atoms with Crippen LogP contribution in [0.3, 0.4) is 0 Å². The summed E-state index contributed by atoms with van der Waals surface area (Å²) in [6.07, 6.45) is 1.14. The van der Waals surface area contributed by atoms with Crippen LogP contribution in [0.25, 0.3) is 0 Å². The fraction of sp³-hybridized carbons (Fsp3) is 0.409. The van der Waals surface area contributed by atoms with Gasteiger partial charge >= 0.3 is 0 Å². The molecule has 0 atom stereocenters. The molecular formula is C22H30N2O2. The third kappa shape index (κ3) is 6.89. The first-order chi connectivity index (χ1) is 12.6. The molecule has 140 valence electrons. The topological polar surface area (TPSA) is 41.6 Å². The van der Waals surface area contributed by atoms with Crippen LogP contribution in [0.5, 0.6) is 5.75 Å². The van der Waals surface area contributed by atoms with Crippen molar-refractivity contribution in [2.24, 2.45) is 0 Å². The second-order valence-corrected chi connectivity index (χ2v) is 6.48. The molecule has 0 heterocycles. The lowest BCUT2D eigenvalue weighted by Crippen LogP contribution is -2.22. The summed E-state index contributed by atoms with van der Waals surface area (Å²) >= 11 is 0. The molecule has 0 aliphatic heterocycles. The highest BCUT2D eigenvalue weighted by Gasteiger charge is 2.05. The van der Waals surface area contributed by atoms with Crippen LogP contribution >= 0.6 is 0 Å². The first kappa shape index (κ1) is 20.0. The molecule has 2 aromatic carbocycles. The van der Waals surface area contributed by atoms with E-state index in [2.05, 4.69) is 36.2 Å². The van der Waals surface area contributed by atoms with E-state index in [4.69, 9.17) is 4.74 Å². The van der Waals surface area contributed by atoms with Gasteiger partial charge in [-0.3, -0.25) is 9.69 Å². The highest BCUT2D eigenvalue weighted by molar-refractivity contribution is 5.90. The Morgan fingerprint density at radius 2 is 1.81 bits per heavy atom. The molecule has 0 unspecified atom stereocenters. The van der Waals surface area contributed by atoms with Crippen molar-refractivity contribution in [3.05, 3.63) is 59.7 Å². The highest BCUT2D eigenvalue weighted by Crippen LogP contribution is 2.14. The molecule has 0 saturated carbocycles. The molecule has 0 spiro atoms. The van der Waals surface area contributed by atoms with Crippen molar-refractivity contribution >= 4 is 11.6 Å². The standard InChI is InChI=1S/C22H30N2O2/c1-4-24(5-2)17-19-8-6-9-20(16-19)23-22(25)10-7-15-26-21-13-11-18(3)12-14-21/h6,8-9,11-14,16H,4-5,7,10,15,17H2,1-3H3,(H,23,25). The van der Waals surface area contributed by atoms with Gasteiger partial charge in [0.2, 0.25) is 5.91 Å². The third-order valence-electron chi connectivity index (χ3n) is 4.35. The van der Waals surface area contributed by atoms with E-state index in [1.54, 1.807) is 0 Å². The Morgan fingerprint density at radius 1 is 1.08 bits per heavy atom. The first-order valence-electron chi connectivity index (χ1n) is 9.41. The van der Waals surface area contributed by atoms with E-state index in [0.717, 1.165) is 31.1 Å². The third-order valence-corrected chi connectivity index (χ3v) is 4.35. The summed E-state index contributed by atoms with van der Waals surface area (Å²) in [5.41, 5.74) is 3.29. The maximum Gasteiger partial charge on any atom is 0.224 e. The van der Waals surface area contributed by atoms with Crippen molar-refractivity contribution in [2.45, 2.75) is 40.2 Å². The summed E-state index contributed by atoms with van der Waals surface area (Å²) < 4.78 is 5.66. The molecule has 26 heavy (non-hydrogen) atoms. The Labute approximate surface area is 157 Å². The number of carbonyl (C=O) groups excluding carboxylic acids is 1. The van der Waals surface area contributed by atoms with Gasteiger partial charge < -0.3 is 10.1 Å². The van der Waals surface area contributed by atoms with Crippen molar-refractivity contribution in [2.75, 3.05) is 25.0 Å². The molecule has 0 radical (unpaired) electrons. The molecule has 2 rings (SSSR count). The molecule has 0 bridgehead atoms. The van der Waals surface area contributed by atoms with Gasteiger partial charge in [0.15, 0.2) is 0 Å². The zero-order chi connectivity index (χ0) is 18.8. The van der Waals surface area contributed by atoms with Crippen LogP contribution in [-0.4, -0.2) is 30.5 Å². The van der Waals surface area contributed by atoms with E-state index in [0.29, 0.717) is 19.4 Å². The Balaban J connectivity index is 1.74. The van der Waals surface area contributed by atoms with Crippen LogP contribution in [0.15, 0.2) is 48.5 Å². The number of benzene rings is 2. The van der Waals surface area contributed by atoms with Crippen LogP contribution in [0.4, 0.5) is 5.69 Å². The van der Waals surface area contributed by atoms with Gasteiger partial charge in [0.05, 0.1) is 6.61 Å². The maximum absolute atomic E-state index is 12.1. The smallest absolute Gasteiger partial charge is 0.224 e. The van der Waals surface area contributed by atoms with Gasteiger partial charge in [-0.25, -0.2) is 0 Å². The molecule has 0 saturated heterocycles. The first-order valence-corrected chi connectivity index (χ1v) is 9.41. The molecule has 0 aliphatic carbocycles. The normalized spacial score (nSPS) is 10.8. The molecule has 4 heteroatoms. The van der Waals surface area contributed by atoms with E-state index in [1.165, 1.54) is 11.1 Å². The van der Waals surface area contributed by atoms with E-state index < -0.39 is 0 Å². The van der Waals surface area contributed by atoms with E-state index in [-0.39, 0.29) is 5.91 Å². The van der Waals surface area contributed by atoms with Crippen molar-refractivity contribution < 1.29 is 9.53 Å². The zero-order valence-corrected chi connectivity index (χ0v) is 16.1. The van der Waals surface area contributed by atoms with Crippen LogP contribution in [0, 0.1) is 6.92 Å². The quantitative estimate of drug-likeness (QED) is 0.632. The van der Waals surface area contributed by atoms with Gasteiger partial charge in [-0.05, 0) is 56.3 Å². The predicted octanol–water partition coefficient (Wildman–Crippen LogP) is 4.63. The second kappa shape index (κ2) is 10.6. The molecule has 0 aromatic heterocycles. The summed E-state index contributed by atoms with van der Waals surface area (Å²) in [6.45, 7) is 9.86. The second-order valence-electron chi connectivity index (χ2n) is 6.48. The molecule has 1 amide bonds. The molecule has 4 nitrogen and oxygen atoms in total. The Kier molecular flexibility index (Phi) is 8.16. The van der Waals surface area contributed by atoms with Crippen molar-refractivity contribution in [3.63, 3.8) is 0 Å². The number of ether oxygens (including phenoxy) is 1. The average molecular weight is 354 g/mol. The molecule has 2 aromatic rings. The number of amides is 1. The Hall–Kier alpha value is -2.33. The lowest BCUT2D eigenvalue weighted by Gasteiger charge is -2.18. The van der Waals surface area contributed by atoms with Crippen LogP contribution in [0.2, 0.25) is 0 Å². The van der Waals surface area contributed by atoms with E-state index in [9.17, 15) is 4.79 Å². The van der Waals surface area contributed by atoms with E-state index in [1.807, 2.05) is 43.3 Å². The van der Waals surface area contributed by atoms with E-state index >= 15 is 0 Å². The summed E-state index contributed by atoms with van der Waals surface area (Å²) in [6, 6.07) is 16.0. The van der Waals surface area contributed by atoms with Gasteiger partial charge in [0.1, 0.15) is 5.75 Å². The fourth-order valence-corrected chi connectivity index (χ4v) is 2.73. The summed E-state index contributed by atoms with van der Waals surface area (Å²) in [4.78, 5) is 14.5. The van der Waals surface area contributed by atoms with Gasteiger partial charge in [-0.15, -0.1) is 0 Å². The monoisotopic (exact) mass is 354 g/mol. The van der Waals surface area contributed by atoms with Gasteiger partial charge in [0, 0.05) is 18.7 Å². The number of anilines is 1. The zero-order valence-electron chi connectivity index (χ0n) is 16.1. The summed E-state index contributed by atoms with van der Waals surface area (Å²) in [5, 5.41) is 2.98. The number of nitrogens with one attached hydrogen (secondary N) is 1. The fourth-order valence-electron chi connectivity index (χ4n) is 2.73. The molecule has 0 fully saturated rings. The Bertz CT molecular complexity index is 679.